The monoisotopic (exact) mass is 404 g/mol. The van der Waals surface area contributed by atoms with Crippen LogP contribution in [0.2, 0.25) is 0 Å². The van der Waals surface area contributed by atoms with Gasteiger partial charge in [0.05, 0.1) is 5.92 Å². The Morgan fingerprint density at radius 1 is 1.07 bits per heavy atom. The van der Waals surface area contributed by atoms with E-state index in [-0.39, 0.29) is 6.61 Å². The van der Waals surface area contributed by atoms with Gasteiger partial charge in [0, 0.05) is 5.57 Å². The highest BCUT2D eigenvalue weighted by Gasteiger charge is 2.62. The van der Waals surface area contributed by atoms with Gasteiger partial charge in [-0.1, -0.05) is 50.3 Å². The average molecular weight is 404 g/mol. The molecule has 0 aliphatic heterocycles. The van der Waals surface area contributed by atoms with Gasteiger partial charge < -0.3 is 9.47 Å². The SMILES string of the molecule is C/C(=C\C1C(C(=O)OCc2cccc(Oc3ccccc3)c2)C1(C)C)C(F)(F)F. The van der Waals surface area contributed by atoms with Gasteiger partial charge in [-0.25, -0.2) is 0 Å². The van der Waals surface area contributed by atoms with Gasteiger partial charge in [0.25, 0.3) is 0 Å². The Kier molecular flexibility index (Phi) is 5.73. The number of alkyl halides is 3. The zero-order chi connectivity index (χ0) is 21.2. The molecule has 0 amide bonds. The van der Waals surface area contributed by atoms with Crippen LogP contribution in [0.5, 0.6) is 11.5 Å². The minimum Gasteiger partial charge on any atom is -0.461 e. The number of esters is 1. The van der Waals surface area contributed by atoms with Crippen molar-refractivity contribution in [3.63, 3.8) is 0 Å². The second-order valence-electron chi connectivity index (χ2n) is 7.84. The molecule has 2 aromatic carbocycles. The highest BCUT2D eigenvalue weighted by Crippen LogP contribution is 2.60. The van der Waals surface area contributed by atoms with E-state index < -0.39 is 35.0 Å². The maximum Gasteiger partial charge on any atom is 0.412 e. The highest BCUT2D eigenvalue weighted by molar-refractivity contribution is 5.78. The molecule has 2 aromatic rings. The summed E-state index contributed by atoms with van der Waals surface area (Å²) < 4.78 is 49.5. The standard InChI is InChI=1S/C23H23F3O3/c1-15(23(24,25)26)12-19-20(22(19,2)3)21(27)28-14-16-8-7-11-18(13-16)29-17-9-5-4-6-10-17/h4-13,19-20H,14H2,1-3H3/b15-12+. The number of carbonyl (C=O) groups excluding carboxylic acids is 1. The van der Waals surface area contributed by atoms with E-state index in [1.165, 1.54) is 0 Å². The number of rotatable bonds is 6. The van der Waals surface area contributed by atoms with Gasteiger partial charge in [-0.3, -0.25) is 4.79 Å². The molecule has 1 saturated carbocycles. The molecule has 0 N–H and O–H groups in total. The van der Waals surface area contributed by atoms with Gasteiger partial charge >= 0.3 is 12.1 Å². The van der Waals surface area contributed by atoms with Crippen molar-refractivity contribution < 1.29 is 27.4 Å². The van der Waals surface area contributed by atoms with Gasteiger partial charge in [-0.15, -0.1) is 0 Å². The lowest BCUT2D eigenvalue weighted by Crippen LogP contribution is -2.11. The Morgan fingerprint density at radius 2 is 1.72 bits per heavy atom. The molecule has 3 nitrogen and oxygen atoms in total. The molecular weight excluding hydrogens is 381 g/mol. The van der Waals surface area contributed by atoms with E-state index in [1.54, 1.807) is 38.1 Å². The number of allylic oxidation sites excluding steroid dienone is 2. The highest BCUT2D eigenvalue weighted by atomic mass is 19.4. The Morgan fingerprint density at radius 3 is 2.38 bits per heavy atom. The Balaban J connectivity index is 1.60. The molecule has 2 unspecified atom stereocenters. The number of halogens is 3. The summed E-state index contributed by atoms with van der Waals surface area (Å²) in [6, 6.07) is 16.4. The fraction of sp³-hybridized carbons (Fsp3) is 0.348. The summed E-state index contributed by atoms with van der Waals surface area (Å²) in [4.78, 5) is 12.4. The van der Waals surface area contributed by atoms with Crippen molar-refractivity contribution >= 4 is 5.97 Å². The normalized spacial score (nSPS) is 20.8. The van der Waals surface area contributed by atoms with Gasteiger partial charge in [0.1, 0.15) is 18.1 Å². The third-order valence-corrected chi connectivity index (χ3v) is 5.30. The molecule has 0 saturated heterocycles. The molecule has 1 fully saturated rings. The average Bonchev–Trinajstić information content (AvgIpc) is 3.20. The molecule has 2 atom stereocenters. The van der Waals surface area contributed by atoms with E-state index in [1.807, 2.05) is 30.3 Å². The molecule has 3 rings (SSSR count). The van der Waals surface area contributed by atoms with Crippen LogP contribution in [0.4, 0.5) is 13.2 Å². The predicted molar refractivity (Wildman–Crippen MR) is 103 cm³/mol. The van der Waals surface area contributed by atoms with Crippen molar-refractivity contribution in [1.82, 2.24) is 0 Å². The summed E-state index contributed by atoms with van der Waals surface area (Å²) in [7, 11) is 0. The van der Waals surface area contributed by atoms with Gasteiger partial charge in [0.15, 0.2) is 0 Å². The van der Waals surface area contributed by atoms with Crippen LogP contribution in [0, 0.1) is 17.3 Å². The fourth-order valence-corrected chi connectivity index (χ4v) is 3.37. The zero-order valence-electron chi connectivity index (χ0n) is 16.5. The molecule has 1 aliphatic carbocycles. The summed E-state index contributed by atoms with van der Waals surface area (Å²) in [6.45, 7) is 4.61. The van der Waals surface area contributed by atoms with Crippen molar-refractivity contribution in [2.24, 2.45) is 17.3 Å². The van der Waals surface area contributed by atoms with E-state index in [0.29, 0.717) is 11.5 Å². The van der Waals surface area contributed by atoms with Crippen molar-refractivity contribution in [3.8, 4) is 11.5 Å². The summed E-state index contributed by atoms with van der Waals surface area (Å²) in [6.07, 6.45) is -3.24. The van der Waals surface area contributed by atoms with Gasteiger partial charge in [0.2, 0.25) is 0 Å². The summed E-state index contributed by atoms with van der Waals surface area (Å²) in [5, 5.41) is 0. The smallest absolute Gasteiger partial charge is 0.412 e. The topological polar surface area (TPSA) is 35.5 Å². The molecule has 0 radical (unpaired) electrons. The van der Waals surface area contributed by atoms with Crippen molar-refractivity contribution in [3.05, 3.63) is 71.8 Å². The largest absolute Gasteiger partial charge is 0.461 e. The lowest BCUT2D eigenvalue weighted by atomic mass is 10.1. The molecule has 6 heteroatoms. The lowest BCUT2D eigenvalue weighted by molar-refractivity contribution is -0.147. The lowest BCUT2D eigenvalue weighted by Gasteiger charge is -2.09. The first kappa shape index (κ1) is 21.0. The van der Waals surface area contributed by atoms with Crippen molar-refractivity contribution in [1.29, 1.82) is 0 Å². The van der Waals surface area contributed by atoms with Crippen molar-refractivity contribution in [2.45, 2.75) is 33.6 Å². The van der Waals surface area contributed by atoms with Crippen LogP contribution in [0.3, 0.4) is 0 Å². The van der Waals surface area contributed by atoms with Crippen LogP contribution in [-0.4, -0.2) is 12.1 Å². The van der Waals surface area contributed by atoms with E-state index in [2.05, 4.69) is 0 Å². The zero-order valence-corrected chi connectivity index (χ0v) is 16.5. The third kappa shape index (κ3) is 5.00. The molecule has 154 valence electrons. The first-order chi connectivity index (χ1) is 13.6. The Bertz CT molecular complexity index is 901. The van der Waals surface area contributed by atoms with E-state index in [9.17, 15) is 18.0 Å². The quantitative estimate of drug-likeness (QED) is 0.418. The van der Waals surface area contributed by atoms with Crippen LogP contribution in [0.25, 0.3) is 0 Å². The van der Waals surface area contributed by atoms with Crippen LogP contribution in [0.1, 0.15) is 26.3 Å². The second-order valence-corrected chi connectivity index (χ2v) is 7.84. The second kappa shape index (κ2) is 7.93. The van der Waals surface area contributed by atoms with E-state index in [4.69, 9.17) is 9.47 Å². The summed E-state index contributed by atoms with van der Waals surface area (Å²) >= 11 is 0. The summed E-state index contributed by atoms with van der Waals surface area (Å²) in [5.74, 6) is -0.248. The van der Waals surface area contributed by atoms with Crippen LogP contribution in [-0.2, 0) is 16.1 Å². The molecule has 0 heterocycles. The maximum atomic E-state index is 12.8. The molecule has 1 aliphatic rings. The number of benzene rings is 2. The van der Waals surface area contributed by atoms with Crippen LogP contribution < -0.4 is 4.74 Å². The molecule has 0 aromatic heterocycles. The van der Waals surface area contributed by atoms with Gasteiger partial charge in [-0.05, 0) is 48.1 Å². The van der Waals surface area contributed by atoms with Crippen molar-refractivity contribution in [2.75, 3.05) is 0 Å². The molecule has 0 bridgehead atoms. The number of para-hydroxylation sites is 1. The first-order valence-corrected chi connectivity index (χ1v) is 9.33. The minimum absolute atomic E-state index is 0.0338. The molecule has 29 heavy (non-hydrogen) atoms. The van der Waals surface area contributed by atoms with E-state index >= 15 is 0 Å². The number of hydrogen-bond donors (Lipinski definition) is 0. The number of hydrogen-bond acceptors (Lipinski definition) is 3. The first-order valence-electron chi connectivity index (χ1n) is 9.33. The minimum atomic E-state index is -4.38. The predicted octanol–water partition coefficient (Wildman–Crippen LogP) is 6.30. The molecular formula is C23H23F3O3. The third-order valence-electron chi connectivity index (χ3n) is 5.30. The Hall–Kier alpha value is -2.76. The Labute approximate surface area is 168 Å². The van der Waals surface area contributed by atoms with Crippen LogP contribution in [0.15, 0.2) is 66.2 Å². The number of ether oxygens (including phenoxy) is 2. The summed E-state index contributed by atoms with van der Waals surface area (Å²) in [5.41, 5.74) is -0.498. The fourth-order valence-electron chi connectivity index (χ4n) is 3.37. The maximum absolute atomic E-state index is 12.8. The van der Waals surface area contributed by atoms with Gasteiger partial charge in [-0.2, -0.15) is 13.2 Å². The number of carbonyl (C=O) groups is 1. The van der Waals surface area contributed by atoms with Crippen LogP contribution >= 0.6 is 0 Å². The molecule has 0 spiro atoms. The van der Waals surface area contributed by atoms with E-state index in [0.717, 1.165) is 18.6 Å².